The second kappa shape index (κ2) is 7.97. The van der Waals surface area contributed by atoms with Crippen LogP contribution in [0.2, 0.25) is 0 Å². The predicted octanol–water partition coefficient (Wildman–Crippen LogP) is 3.47. The molecule has 0 bridgehead atoms. The van der Waals surface area contributed by atoms with Gasteiger partial charge in [-0.2, -0.15) is 20.6 Å². The summed E-state index contributed by atoms with van der Waals surface area (Å²) in [5.74, 6) is 1.28. The molecule has 0 aromatic carbocycles. The molecule has 0 saturated carbocycles. The fourth-order valence-corrected chi connectivity index (χ4v) is 3.40. The number of aromatic nitrogens is 7. The number of carbonyl (C=O) groups is 1. The van der Waals surface area contributed by atoms with Crippen molar-refractivity contribution in [2.24, 2.45) is 0 Å². The van der Waals surface area contributed by atoms with Crippen LogP contribution in [0.25, 0.3) is 22.6 Å². The van der Waals surface area contributed by atoms with Crippen LogP contribution >= 0.6 is 0 Å². The van der Waals surface area contributed by atoms with E-state index in [0.717, 1.165) is 16.8 Å². The van der Waals surface area contributed by atoms with Gasteiger partial charge in [-0.25, -0.2) is 14.2 Å². The van der Waals surface area contributed by atoms with Crippen molar-refractivity contribution in [3.05, 3.63) is 77.5 Å². The summed E-state index contributed by atoms with van der Waals surface area (Å²) in [6.07, 6.45) is 4.14. The maximum absolute atomic E-state index is 11.6. The van der Waals surface area contributed by atoms with Crippen LogP contribution in [-0.4, -0.2) is 40.9 Å². The summed E-state index contributed by atoms with van der Waals surface area (Å²) < 4.78 is 8.93. The highest BCUT2D eigenvalue weighted by molar-refractivity contribution is 5.83. The lowest BCUT2D eigenvalue weighted by molar-refractivity contribution is 0.112. The predicted molar refractivity (Wildman–Crippen MR) is 117 cm³/mol. The van der Waals surface area contributed by atoms with Crippen LogP contribution in [0.3, 0.4) is 0 Å². The van der Waals surface area contributed by atoms with Gasteiger partial charge in [-0.15, -0.1) is 5.10 Å². The highest BCUT2D eigenvalue weighted by Crippen LogP contribution is 2.28. The molecule has 5 aromatic rings. The zero-order chi connectivity index (χ0) is 22.9. The number of pyridine rings is 2. The van der Waals surface area contributed by atoms with Crippen molar-refractivity contribution in [2.45, 2.75) is 13.8 Å². The van der Waals surface area contributed by atoms with Crippen molar-refractivity contribution in [2.75, 3.05) is 0 Å². The molecule has 0 aliphatic heterocycles. The van der Waals surface area contributed by atoms with E-state index >= 15 is 0 Å². The summed E-state index contributed by atoms with van der Waals surface area (Å²) in [4.78, 5) is 16.3. The van der Waals surface area contributed by atoms with Gasteiger partial charge < -0.3 is 4.74 Å². The van der Waals surface area contributed by atoms with E-state index in [1.807, 2.05) is 25.1 Å². The van der Waals surface area contributed by atoms with Crippen molar-refractivity contribution < 1.29 is 9.53 Å². The van der Waals surface area contributed by atoms with Crippen LogP contribution in [0.1, 0.15) is 27.4 Å². The molecule has 0 atom stereocenters. The molecule has 0 unspecified atom stereocenters. The van der Waals surface area contributed by atoms with Crippen LogP contribution in [0, 0.1) is 25.2 Å². The average molecular weight is 436 g/mol. The van der Waals surface area contributed by atoms with Crippen LogP contribution < -0.4 is 4.74 Å². The SMILES string of the molecule is Cc1ccc(Oc2ccc3c(-c4ccc(C=O)c(-n5nc(C#N)cc5C)n4)cnn3c2)nn1. The van der Waals surface area contributed by atoms with Crippen LogP contribution in [0.4, 0.5) is 0 Å². The number of nitriles is 1. The lowest BCUT2D eigenvalue weighted by Crippen LogP contribution is -2.07. The van der Waals surface area contributed by atoms with E-state index in [-0.39, 0.29) is 5.69 Å². The Morgan fingerprint density at radius 1 is 1.09 bits per heavy atom. The third kappa shape index (κ3) is 3.68. The van der Waals surface area contributed by atoms with E-state index in [1.165, 1.54) is 4.68 Å². The molecule has 0 N–H and O–H groups in total. The third-order valence-electron chi connectivity index (χ3n) is 5.00. The second-order valence-corrected chi connectivity index (χ2v) is 7.29. The summed E-state index contributed by atoms with van der Waals surface area (Å²) in [6, 6.07) is 14.3. The van der Waals surface area contributed by atoms with E-state index in [4.69, 9.17) is 10.00 Å². The van der Waals surface area contributed by atoms with Crippen molar-refractivity contribution in [3.8, 4) is 34.8 Å². The van der Waals surface area contributed by atoms with E-state index in [1.54, 1.807) is 54.2 Å². The van der Waals surface area contributed by atoms with Crippen molar-refractivity contribution in [1.29, 1.82) is 5.26 Å². The average Bonchev–Trinajstić information content (AvgIpc) is 3.43. The number of carbonyl (C=O) groups excluding carboxylic acids is 1. The van der Waals surface area contributed by atoms with Gasteiger partial charge >= 0.3 is 0 Å². The van der Waals surface area contributed by atoms with Gasteiger partial charge in [0, 0.05) is 17.3 Å². The molecule has 0 saturated heterocycles. The van der Waals surface area contributed by atoms with E-state index < -0.39 is 0 Å². The Kier molecular flexibility index (Phi) is 4.84. The molecule has 0 amide bonds. The summed E-state index contributed by atoms with van der Waals surface area (Å²) in [6.45, 7) is 3.65. The van der Waals surface area contributed by atoms with Crippen molar-refractivity contribution >= 4 is 11.8 Å². The molecule has 33 heavy (non-hydrogen) atoms. The zero-order valence-electron chi connectivity index (χ0n) is 17.7. The molecule has 160 valence electrons. The highest BCUT2D eigenvalue weighted by atomic mass is 16.5. The minimum absolute atomic E-state index is 0.248. The smallest absolute Gasteiger partial charge is 0.238 e. The van der Waals surface area contributed by atoms with Gasteiger partial charge in [-0.3, -0.25) is 4.79 Å². The molecule has 10 nitrogen and oxygen atoms in total. The van der Waals surface area contributed by atoms with Gasteiger partial charge in [-0.1, -0.05) is 0 Å². The number of fused-ring (bicyclic) bond motifs is 1. The molecule has 0 fully saturated rings. The van der Waals surface area contributed by atoms with Gasteiger partial charge in [0.25, 0.3) is 0 Å². The number of nitrogens with zero attached hydrogens (tertiary/aromatic N) is 8. The topological polar surface area (TPSA) is 124 Å². The number of hydrogen-bond donors (Lipinski definition) is 0. The number of aryl methyl sites for hydroxylation is 2. The van der Waals surface area contributed by atoms with Gasteiger partial charge in [0.15, 0.2) is 17.8 Å². The van der Waals surface area contributed by atoms with Crippen LogP contribution in [-0.2, 0) is 0 Å². The largest absolute Gasteiger partial charge is 0.436 e. The van der Waals surface area contributed by atoms with Crippen molar-refractivity contribution in [1.82, 2.24) is 34.6 Å². The Labute approximate surface area is 187 Å². The zero-order valence-corrected chi connectivity index (χ0v) is 17.7. The minimum Gasteiger partial charge on any atom is -0.436 e. The Morgan fingerprint density at radius 2 is 1.97 bits per heavy atom. The van der Waals surface area contributed by atoms with Gasteiger partial charge in [0.05, 0.1) is 34.9 Å². The van der Waals surface area contributed by atoms with Crippen LogP contribution in [0.15, 0.2) is 54.9 Å². The molecule has 5 heterocycles. The summed E-state index contributed by atoms with van der Waals surface area (Å²) in [5.41, 5.74) is 4.28. The van der Waals surface area contributed by atoms with Crippen LogP contribution in [0.5, 0.6) is 11.6 Å². The Hall–Kier alpha value is -4.91. The standard InChI is InChI=1S/C23H16N8O2/c1-14-3-8-22(28-27-14)33-18-5-7-21-19(11-25-30(21)12-18)20-6-4-16(13-32)23(26-20)31-15(2)9-17(10-24)29-31/h3-9,11-13H,1-2H3. The number of ether oxygens (including phenoxy) is 1. The summed E-state index contributed by atoms with van der Waals surface area (Å²) in [7, 11) is 0. The number of hydrogen-bond acceptors (Lipinski definition) is 8. The first kappa shape index (κ1) is 20.0. The van der Waals surface area contributed by atoms with E-state index in [2.05, 4.69) is 25.4 Å². The summed E-state index contributed by atoms with van der Waals surface area (Å²) >= 11 is 0. The Morgan fingerprint density at radius 3 is 2.70 bits per heavy atom. The lowest BCUT2D eigenvalue weighted by atomic mass is 10.1. The number of aldehydes is 1. The first-order chi connectivity index (χ1) is 16.1. The molecule has 0 aliphatic carbocycles. The molecular weight excluding hydrogens is 420 g/mol. The second-order valence-electron chi connectivity index (χ2n) is 7.29. The van der Waals surface area contributed by atoms with Gasteiger partial charge in [0.1, 0.15) is 11.8 Å². The normalized spacial score (nSPS) is 10.8. The summed E-state index contributed by atoms with van der Waals surface area (Å²) in [5, 5.41) is 25.8. The highest BCUT2D eigenvalue weighted by Gasteiger charge is 2.16. The molecule has 10 heteroatoms. The van der Waals surface area contributed by atoms with Gasteiger partial charge in [0.2, 0.25) is 5.88 Å². The third-order valence-corrected chi connectivity index (χ3v) is 5.00. The van der Waals surface area contributed by atoms with E-state index in [0.29, 0.717) is 40.7 Å². The molecule has 0 spiro atoms. The maximum Gasteiger partial charge on any atom is 0.238 e. The fraction of sp³-hybridized carbons (Fsp3) is 0.0870. The molecule has 5 aromatic heterocycles. The maximum atomic E-state index is 11.6. The Balaban J connectivity index is 1.54. The Bertz CT molecular complexity index is 1540. The minimum atomic E-state index is 0.248. The monoisotopic (exact) mass is 436 g/mol. The number of rotatable bonds is 5. The van der Waals surface area contributed by atoms with Gasteiger partial charge in [-0.05, 0) is 50.2 Å². The first-order valence-corrected chi connectivity index (χ1v) is 9.95. The first-order valence-electron chi connectivity index (χ1n) is 9.95. The molecule has 5 rings (SSSR count). The quantitative estimate of drug-likeness (QED) is 0.384. The lowest BCUT2D eigenvalue weighted by Gasteiger charge is -2.09. The van der Waals surface area contributed by atoms with E-state index in [9.17, 15) is 4.79 Å². The fourth-order valence-electron chi connectivity index (χ4n) is 3.40. The molecule has 0 aliphatic rings. The molecular formula is C23H16N8O2. The molecule has 0 radical (unpaired) electrons. The van der Waals surface area contributed by atoms with Crippen molar-refractivity contribution in [3.63, 3.8) is 0 Å².